The molecule has 3 N–H and O–H groups in total. The molecule has 1 rings (SSSR count). The quantitative estimate of drug-likeness (QED) is 0.587. The predicted octanol–water partition coefficient (Wildman–Crippen LogP) is 0.363. The fourth-order valence-corrected chi connectivity index (χ4v) is 1.28. The van der Waals surface area contributed by atoms with Gasteiger partial charge in [0, 0.05) is 12.2 Å². The number of nitrogens with one attached hydrogen (secondary N) is 2. The average Bonchev–Trinajstić information content (AvgIpc) is 2.33. The van der Waals surface area contributed by atoms with Crippen LogP contribution < -0.4 is 10.6 Å². The fourth-order valence-electron chi connectivity index (χ4n) is 1.28. The number of aliphatic hydroxyl groups is 1. The molecule has 100 valence electrons. The van der Waals surface area contributed by atoms with Crippen molar-refractivity contribution in [1.29, 1.82) is 0 Å². The van der Waals surface area contributed by atoms with Crippen molar-refractivity contribution in [3.63, 3.8) is 0 Å². The molecule has 0 spiro atoms. The van der Waals surface area contributed by atoms with Crippen LogP contribution in [0.3, 0.4) is 0 Å². The first-order valence-electron chi connectivity index (χ1n) is 5.67. The van der Waals surface area contributed by atoms with Crippen molar-refractivity contribution in [2.45, 2.75) is 0 Å². The average molecular weight is 256 g/mol. The third kappa shape index (κ3) is 6.29. The number of aliphatic hydroxyl groups excluding tert-OH is 1. The summed E-state index contributed by atoms with van der Waals surface area (Å²) in [6.07, 6.45) is 0. The lowest BCUT2D eigenvalue weighted by Crippen LogP contribution is -2.30. The van der Waals surface area contributed by atoms with E-state index in [9.17, 15) is 9.18 Å². The summed E-state index contributed by atoms with van der Waals surface area (Å²) in [4.78, 5) is 11.4. The Hall–Kier alpha value is -1.50. The molecule has 0 aliphatic carbocycles. The molecule has 0 aliphatic rings. The maximum Gasteiger partial charge on any atom is 0.238 e. The van der Waals surface area contributed by atoms with E-state index in [1.807, 2.05) is 0 Å². The van der Waals surface area contributed by atoms with Crippen molar-refractivity contribution in [3.05, 3.63) is 30.1 Å². The van der Waals surface area contributed by atoms with E-state index in [4.69, 9.17) is 9.84 Å². The van der Waals surface area contributed by atoms with Crippen LogP contribution in [0, 0.1) is 5.82 Å². The summed E-state index contributed by atoms with van der Waals surface area (Å²) in [6.45, 7) is 1.33. The van der Waals surface area contributed by atoms with Crippen LogP contribution in [0.4, 0.5) is 10.1 Å². The molecule has 5 nitrogen and oxygen atoms in total. The van der Waals surface area contributed by atoms with Crippen LogP contribution in [0.15, 0.2) is 24.3 Å². The smallest absolute Gasteiger partial charge is 0.238 e. The number of ether oxygens (including phenoxy) is 1. The highest BCUT2D eigenvalue weighted by atomic mass is 19.1. The van der Waals surface area contributed by atoms with Gasteiger partial charge in [0.2, 0.25) is 5.91 Å². The molecular weight excluding hydrogens is 239 g/mol. The van der Waals surface area contributed by atoms with Crippen molar-refractivity contribution in [2.75, 3.05) is 38.2 Å². The molecule has 0 saturated heterocycles. The Morgan fingerprint density at radius 2 is 2.22 bits per heavy atom. The lowest BCUT2D eigenvalue weighted by Gasteiger charge is -2.07. The van der Waals surface area contributed by atoms with Crippen LogP contribution in [0.5, 0.6) is 0 Å². The highest BCUT2D eigenvalue weighted by Gasteiger charge is 2.02. The molecule has 0 aromatic heterocycles. The molecule has 0 aliphatic heterocycles. The van der Waals surface area contributed by atoms with E-state index in [0.29, 0.717) is 18.8 Å². The van der Waals surface area contributed by atoms with Crippen molar-refractivity contribution >= 4 is 11.6 Å². The van der Waals surface area contributed by atoms with Crippen molar-refractivity contribution in [3.8, 4) is 0 Å². The Labute approximate surface area is 105 Å². The summed E-state index contributed by atoms with van der Waals surface area (Å²) in [5, 5.41) is 13.9. The van der Waals surface area contributed by atoms with Crippen LogP contribution in [0.1, 0.15) is 0 Å². The van der Waals surface area contributed by atoms with Gasteiger partial charge in [-0.1, -0.05) is 6.07 Å². The first-order chi connectivity index (χ1) is 8.72. The topological polar surface area (TPSA) is 70.6 Å². The van der Waals surface area contributed by atoms with E-state index in [2.05, 4.69) is 10.6 Å². The van der Waals surface area contributed by atoms with E-state index in [-0.39, 0.29) is 25.7 Å². The Bertz CT molecular complexity index is 374. The zero-order chi connectivity index (χ0) is 13.2. The molecule has 0 atom stereocenters. The van der Waals surface area contributed by atoms with E-state index < -0.39 is 5.82 Å². The molecule has 0 heterocycles. The molecule has 18 heavy (non-hydrogen) atoms. The minimum Gasteiger partial charge on any atom is -0.394 e. The van der Waals surface area contributed by atoms with Gasteiger partial charge in [0.15, 0.2) is 0 Å². The maximum absolute atomic E-state index is 12.8. The van der Waals surface area contributed by atoms with E-state index in [0.717, 1.165) is 0 Å². The first-order valence-corrected chi connectivity index (χ1v) is 5.67. The van der Waals surface area contributed by atoms with E-state index in [1.54, 1.807) is 6.07 Å². The highest BCUT2D eigenvalue weighted by Crippen LogP contribution is 2.08. The maximum atomic E-state index is 12.8. The molecule has 0 bridgehead atoms. The molecule has 1 amide bonds. The standard InChI is InChI=1S/C12H17FN2O3/c13-10-2-1-3-11(8-10)15-12(17)9-14-4-6-18-7-5-16/h1-3,8,14,16H,4-7,9H2,(H,15,17). The Kier molecular flexibility index (Phi) is 6.93. The van der Waals surface area contributed by atoms with Gasteiger partial charge in [0.25, 0.3) is 0 Å². The number of hydrogen-bond donors (Lipinski definition) is 3. The fraction of sp³-hybridized carbons (Fsp3) is 0.417. The van der Waals surface area contributed by atoms with Gasteiger partial charge in [-0.2, -0.15) is 0 Å². The van der Waals surface area contributed by atoms with Gasteiger partial charge in [-0.05, 0) is 18.2 Å². The number of halogens is 1. The van der Waals surface area contributed by atoms with Crippen LogP contribution >= 0.6 is 0 Å². The number of benzene rings is 1. The molecule has 0 fully saturated rings. The Morgan fingerprint density at radius 1 is 1.39 bits per heavy atom. The molecule has 6 heteroatoms. The van der Waals surface area contributed by atoms with Gasteiger partial charge in [-0.25, -0.2) is 4.39 Å². The first kappa shape index (κ1) is 14.6. The molecule has 1 aromatic rings. The van der Waals surface area contributed by atoms with Gasteiger partial charge in [-0.3, -0.25) is 4.79 Å². The lowest BCUT2D eigenvalue weighted by atomic mass is 10.3. The van der Waals surface area contributed by atoms with Crippen LogP contribution in [-0.2, 0) is 9.53 Å². The Balaban J connectivity index is 2.14. The minimum absolute atomic E-state index is 0.0138. The third-order valence-corrected chi connectivity index (χ3v) is 2.05. The number of carbonyl (C=O) groups excluding carboxylic acids is 1. The van der Waals surface area contributed by atoms with Crippen LogP contribution in [-0.4, -0.2) is 43.9 Å². The van der Waals surface area contributed by atoms with Crippen LogP contribution in [0.2, 0.25) is 0 Å². The molecule has 0 saturated carbocycles. The molecular formula is C12H17FN2O3. The Morgan fingerprint density at radius 3 is 2.94 bits per heavy atom. The number of hydrogen-bond acceptors (Lipinski definition) is 4. The zero-order valence-corrected chi connectivity index (χ0v) is 9.99. The summed E-state index contributed by atoms with van der Waals surface area (Å²) in [5.74, 6) is -0.638. The van der Waals surface area contributed by atoms with Gasteiger partial charge in [0.05, 0.1) is 26.4 Å². The molecule has 1 aromatic carbocycles. The summed E-state index contributed by atoms with van der Waals surface area (Å²) in [5.41, 5.74) is 0.429. The number of amides is 1. The number of rotatable bonds is 8. The van der Waals surface area contributed by atoms with Gasteiger partial charge in [0.1, 0.15) is 5.82 Å². The van der Waals surface area contributed by atoms with Gasteiger partial charge in [-0.15, -0.1) is 0 Å². The second-order valence-corrected chi connectivity index (χ2v) is 3.57. The normalized spacial score (nSPS) is 10.3. The lowest BCUT2D eigenvalue weighted by molar-refractivity contribution is -0.115. The van der Waals surface area contributed by atoms with Gasteiger partial charge < -0.3 is 20.5 Å². The second kappa shape index (κ2) is 8.57. The number of anilines is 1. The minimum atomic E-state index is -0.391. The molecule has 0 unspecified atom stereocenters. The van der Waals surface area contributed by atoms with Crippen molar-refractivity contribution < 1.29 is 19.0 Å². The van der Waals surface area contributed by atoms with E-state index in [1.165, 1.54) is 18.2 Å². The zero-order valence-electron chi connectivity index (χ0n) is 9.99. The van der Waals surface area contributed by atoms with Crippen molar-refractivity contribution in [2.24, 2.45) is 0 Å². The summed E-state index contributed by atoms with van der Waals surface area (Å²) >= 11 is 0. The highest BCUT2D eigenvalue weighted by molar-refractivity contribution is 5.92. The predicted molar refractivity (Wildman–Crippen MR) is 65.8 cm³/mol. The summed E-state index contributed by atoms with van der Waals surface area (Å²) in [6, 6.07) is 5.71. The largest absolute Gasteiger partial charge is 0.394 e. The molecule has 0 radical (unpaired) electrons. The summed E-state index contributed by atoms with van der Waals surface area (Å²) in [7, 11) is 0. The second-order valence-electron chi connectivity index (χ2n) is 3.57. The van der Waals surface area contributed by atoms with Crippen molar-refractivity contribution in [1.82, 2.24) is 5.32 Å². The third-order valence-electron chi connectivity index (χ3n) is 2.05. The summed E-state index contributed by atoms with van der Waals surface area (Å²) < 4.78 is 17.8. The van der Waals surface area contributed by atoms with Crippen LogP contribution in [0.25, 0.3) is 0 Å². The van der Waals surface area contributed by atoms with E-state index >= 15 is 0 Å². The monoisotopic (exact) mass is 256 g/mol. The SMILES string of the molecule is O=C(CNCCOCCO)Nc1cccc(F)c1. The number of carbonyl (C=O) groups is 1. The van der Waals surface area contributed by atoms with Gasteiger partial charge >= 0.3 is 0 Å².